The second-order valence-corrected chi connectivity index (χ2v) is 9.15. The zero-order chi connectivity index (χ0) is 18.2. The minimum Gasteiger partial charge on any atom is -0.354 e. The van der Waals surface area contributed by atoms with Gasteiger partial charge in [0.15, 0.2) is 9.84 Å². The molecule has 0 aromatic carbocycles. The average molecular weight is 367 g/mol. The third kappa shape index (κ3) is 4.09. The summed E-state index contributed by atoms with van der Waals surface area (Å²) in [5, 5.41) is 0. The van der Waals surface area contributed by atoms with Crippen molar-refractivity contribution in [3.8, 4) is 0 Å². The van der Waals surface area contributed by atoms with E-state index >= 15 is 0 Å². The van der Waals surface area contributed by atoms with Crippen molar-refractivity contribution in [1.82, 2.24) is 19.8 Å². The number of piperazine rings is 1. The predicted molar refractivity (Wildman–Crippen MR) is 95.6 cm³/mol. The molecule has 3 rings (SSSR count). The molecule has 1 amide bonds. The molecule has 2 aliphatic rings. The van der Waals surface area contributed by atoms with Crippen LogP contribution in [0.15, 0.2) is 6.07 Å². The van der Waals surface area contributed by atoms with Crippen LogP contribution < -0.4 is 4.90 Å². The molecule has 0 bridgehead atoms. The van der Waals surface area contributed by atoms with Crippen LogP contribution in [-0.2, 0) is 9.84 Å². The summed E-state index contributed by atoms with van der Waals surface area (Å²) in [6, 6.07) is 1.44. The Kier molecular flexibility index (Phi) is 4.97. The Morgan fingerprint density at radius 3 is 2.52 bits per heavy atom. The number of sulfone groups is 1. The molecular weight excluding hydrogens is 342 g/mol. The molecule has 2 fully saturated rings. The van der Waals surface area contributed by atoms with Crippen molar-refractivity contribution in [2.24, 2.45) is 0 Å². The quantitative estimate of drug-likeness (QED) is 0.731. The minimum atomic E-state index is -3.03. The number of anilines is 1. The highest BCUT2D eigenvalue weighted by atomic mass is 32.2. The molecule has 3 heterocycles. The Bertz CT molecular complexity index is 759. The number of hydrogen-bond acceptors (Lipinski definition) is 7. The molecule has 0 radical (unpaired) electrons. The summed E-state index contributed by atoms with van der Waals surface area (Å²) in [5.74, 6) is 1.24. The van der Waals surface area contributed by atoms with E-state index in [9.17, 15) is 13.2 Å². The maximum absolute atomic E-state index is 12.8. The number of likely N-dealkylation sites (N-methyl/N-ethyl adjacent to an activating group) is 1. The SMILES string of the molecule is Cc1nc(C(=O)N(C)C2CCS(=O)(=O)C2)cc(N2CCN(C)CC2)n1. The standard InChI is InChI=1S/C16H25N5O3S/c1-12-17-14(10-15(18-12)21-7-5-19(2)6-8-21)16(22)20(3)13-4-9-25(23,24)11-13/h10,13H,4-9,11H2,1-3H3. The molecule has 1 aromatic heterocycles. The zero-order valence-electron chi connectivity index (χ0n) is 15.0. The van der Waals surface area contributed by atoms with Crippen LogP contribution in [0.25, 0.3) is 0 Å². The van der Waals surface area contributed by atoms with Gasteiger partial charge in [0.2, 0.25) is 0 Å². The number of amides is 1. The fourth-order valence-electron chi connectivity index (χ4n) is 3.29. The first-order valence-electron chi connectivity index (χ1n) is 8.52. The van der Waals surface area contributed by atoms with Crippen LogP contribution in [0.5, 0.6) is 0 Å². The summed E-state index contributed by atoms with van der Waals surface area (Å²) in [7, 11) is 0.705. The van der Waals surface area contributed by atoms with E-state index in [1.54, 1.807) is 20.0 Å². The van der Waals surface area contributed by atoms with Gasteiger partial charge in [0.1, 0.15) is 17.3 Å². The minimum absolute atomic E-state index is 0.0324. The molecule has 1 atom stereocenters. The number of aryl methyl sites for hydroxylation is 1. The Morgan fingerprint density at radius 1 is 1.24 bits per heavy atom. The van der Waals surface area contributed by atoms with Crippen LogP contribution in [0.3, 0.4) is 0 Å². The number of carbonyl (C=O) groups is 1. The molecule has 9 heteroatoms. The first kappa shape index (κ1) is 18.1. The van der Waals surface area contributed by atoms with E-state index in [1.165, 1.54) is 4.90 Å². The van der Waals surface area contributed by atoms with Crippen molar-refractivity contribution in [1.29, 1.82) is 0 Å². The van der Waals surface area contributed by atoms with E-state index in [1.807, 2.05) is 0 Å². The third-order valence-corrected chi connectivity index (χ3v) is 6.70. The van der Waals surface area contributed by atoms with Gasteiger partial charge in [-0.1, -0.05) is 0 Å². The third-order valence-electron chi connectivity index (χ3n) is 4.95. The summed E-state index contributed by atoms with van der Waals surface area (Å²) in [6.45, 7) is 5.39. The lowest BCUT2D eigenvalue weighted by Crippen LogP contribution is -2.45. The normalized spacial score (nSPS) is 23.6. The average Bonchev–Trinajstić information content (AvgIpc) is 2.93. The van der Waals surface area contributed by atoms with E-state index in [2.05, 4.69) is 26.8 Å². The van der Waals surface area contributed by atoms with Gasteiger partial charge in [-0.2, -0.15) is 0 Å². The molecular formula is C16H25N5O3S. The molecule has 0 saturated carbocycles. The van der Waals surface area contributed by atoms with Crippen molar-refractivity contribution in [3.05, 3.63) is 17.6 Å². The van der Waals surface area contributed by atoms with Gasteiger partial charge in [-0.15, -0.1) is 0 Å². The van der Waals surface area contributed by atoms with Gasteiger partial charge in [0, 0.05) is 45.3 Å². The summed E-state index contributed by atoms with van der Waals surface area (Å²) in [5.41, 5.74) is 0.327. The summed E-state index contributed by atoms with van der Waals surface area (Å²) < 4.78 is 23.3. The summed E-state index contributed by atoms with van der Waals surface area (Å²) in [6.07, 6.45) is 0.486. The van der Waals surface area contributed by atoms with Crippen LogP contribution in [0.1, 0.15) is 22.7 Å². The van der Waals surface area contributed by atoms with Gasteiger partial charge >= 0.3 is 0 Å². The lowest BCUT2D eigenvalue weighted by Gasteiger charge is -2.33. The Balaban J connectivity index is 1.78. The lowest BCUT2D eigenvalue weighted by molar-refractivity contribution is 0.0741. The fourth-order valence-corrected chi connectivity index (χ4v) is 5.06. The van der Waals surface area contributed by atoms with E-state index in [0.717, 1.165) is 32.0 Å². The molecule has 138 valence electrons. The monoisotopic (exact) mass is 367 g/mol. The Morgan fingerprint density at radius 2 is 1.92 bits per heavy atom. The number of aromatic nitrogens is 2. The zero-order valence-corrected chi connectivity index (χ0v) is 15.8. The molecule has 0 spiro atoms. The van der Waals surface area contributed by atoms with Crippen LogP contribution >= 0.6 is 0 Å². The maximum Gasteiger partial charge on any atom is 0.272 e. The number of hydrogen-bond donors (Lipinski definition) is 0. The van der Waals surface area contributed by atoms with Crippen LogP contribution in [0.2, 0.25) is 0 Å². The summed E-state index contributed by atoms with van der Waals surface area (Å²) >= 11 is 0. The van der Waals surface area contributed by atoms with Crippen molar-refractivity contribution in [2.75, 3.05) is 56.7 Å². The largest absolute Gasteiger partial charge is 0.354 e. The van der Waals surface area contributed by atoms with Gasteiger partial charge in [-0.3, -0.25) is 4.79 Å². The topological polar surface area (TPSA) is 86.7 Å². The highest BCUT2D eigenvalue weighted by molar-refractivity contribution is 7.91. The van der Waals surface area contributed by atoms with Crippen LogP contribution in [-0.4, -0.2) is 91.9 Å². The Labute approximate surface area is 148 Å². The molecule has 1 aromatic rings. The number of nitrogens with zero attached hydrogens (tertiary/aromatic N) is 5. The lowest BCUT2D eigenvalue weighted by atomic mass is 10.2. The van der Waals surface area contributed by atoms with E-state index < -0.39 is 9.84 Å². The fraction of sp³-hybridized carbons (Fsp3) is 0.688. The predicted octanol–water partition coefficient (Wildman–Crippen LogP) is -0.204. The van der Waals surface area contributed by atoms with Gasteiger partial charge in [0.25, 0.3) is 5.91 Å². The number of carbonyl (C=O) groups excluding carboxylic acids is 1. The Hall–Kier alpha value is -1.74. The highest BCUT2D eigenvalue weighted by Crippen LogP contribution is 2.20. The first-order valence-corrected chi connectivity index (χ1v) is 10.3. The molecule has 25 heavy (non-hydrogen) atoms. The van der Waals surface area contributed by atoms with Gasteiger partial charge in [-0.25, -0.2) is 18.4 Å². The van der Waals surface area contributed by atoms with E-state index in [4.69, 9.17) is 0 Å². The van der Waals surface area contributed by atoms with Crippen molar-refractivity contribution in [2.45, 2.75) is 19.4 Å². The van der Waals surface area contributed by atoms with Gasteiger partial charge in [0.05, 0.1) is 11.5 Å². The maximum atomic E-state index is 12.8. The molecule has 2 aliphatic heterocycles. The first-order chi connectivity index (χ1) is 11.7. The number of rotatable bonds is 3. The molecule has 0 aliphatic carbocycles. The molecule has 0 N–H and O–H groups in total. The van der Waals surface area contributed by atoms with Crippen molar-refractivity contribution >= 4 is 21.6 Å². The second-order valence-electron chi connectivity index (χ2n) is 6.92. The second kappa shape index (κ2) is 6.87. The smallest absolute Gasteiger partial charge is 0.272 e. The molecule has 1 unspecified atom stereocenters. The van der Waals surface area contributed by atoms with Crippen molar-refractivity contribution in [3.63, 3.8) is 0 Å². The van der Waals surface area contributed by atoms with Gasteiger partial charge < -0.3 is 14.7 Å². The molecule has 8 nitrogen and oxygen atoms in total. The van der Waals surface area contributed by atoms with Crippen LogP contribution in [0, 0.1) is 6.92 Å². The van der Waals surface area contributed by atoms with E-state index in [-0.39, 0.29) is 23.5 Å². The highest BCUT2D eigenvalue weighted by Gasteiger charge is 2.33. The van der Waals surface area contributed by atoms with Crippen LogP contribution in [0.4, 0.5) is 5.82 Å². The van der Waals surface area contributed by atoms with Crippen molar-refractivity contribution < 1.29 is 13.2 Å². The van der Waals surface area contributed by atoms with Gasteiger partial charge in [-0.05, 0) is 20.4 Å². The summed E-state index contributed by atoms with van der Waals surface area (Å²) in [4.78, 5) is 27.5. The molecule has 2 saturated heterocycles. The van der Waals surface area contributed by atoms with E-state index in [0.29, 0.717) is 17.9 Å².